The van der Waals surface area contributed by atoms with Gasteiger partial charge in [0.05, 0.1) is 0 Å². The number of rotatable bonds is 33. The first kappa shape index (κ1) is 37.7. The predicted molar refractivity (Wildman–Crippen MR) is 173 cm³/mol. The van der Waals surface area contributed by atoms with Crippen molar-refractivity contribution in [2.45, 2.75) is 220 Å². The second-order valence-electron chi connectivity index (χ2n) is 12.9. The van der Waals surface area contributed by atoms with Crippen LogP contribution in [0.15, 0.2) is 0 Å². The van der Waals surface area contributed by atoms with Crippen molar-refractivity contribution < 1.29 is 4.79 Å². The maximum atomic E-state index is 11.7. The highest BCUT2D eigenvalue weighted by Crippen LogP contribution is 2.24. The Morgan fingerprint density at radius 3 is 0.868 bits per heavy atom. The molecule has 0 aliphatic carbocycles. The first-order chi connectivity index (χ1) is 18.8. The van der Waals surface area contributed by atoms with E-state index >= 15 is 0 Å². The summed E-state index contributed by atoms with van der Waals surface area (Å²) in [5, 5.41) is 0. The minimum Gasteiger partial charge on any atom is -0.303 e. The van der Waals surface area contributed by atoms with Crippen LogP contribution in [0.5, 0.6) is 0 Å². The third-order valence-corrected chi connectivity index (χ3v) is 9.06. The molecule has 0 aromatic heterocycles. The van der Waals surface area contributed by atoms with Crippen molar-refractivity contribution in [2.24, 2.45) is 11.8 Å². The molecule has 0 amide bonds. The van der Waals surface area contributed by atoms with Crippen molar-refractivity contribution >= 4 is 6.29 Å². The second-order valence-corrected chi connectivity index (χ2v) is 12.9. The van der Waals surface area contributed by atoms with Crippen LogP contribution in [0.25, 0.3) is 0 Å². The van der Waals surface area contributed by atoms with Crippen molar-refractivity contribution in [3.8, 4) is 0 Å². The van der Waals surface area contributed by atoms with Crippen LogP contribution in [0.4, 0.5) is 0 Å². The number of hydrogen-bond donors (Lipinski definition) is 0. The molecular weight excluding hydrogens is 460 g/mol. The number of carbonyl (C=O) groups excluding carboxylic acids is 1. The highest BCUT2D eigenvalue weighted by atomic mass is 16.1. The Hall–Kier alpha value is -0.330. The van der Waals surface area contributed by atoms with E-state index in [-0.39, 0.29) is 0 Å². The zero-order chi connectivity index (χ0) is 27.8. The third-order valence-electron chi connectivity index (χ3n) is 9.06. The maximum Gasteiger partial charge on any atom is 0.123 e. The van der Waals surface area contributed by atoms with E-state index in [4.69, 9.17) is 0 Å². The van der Waals surface area contributed by atoms with Crippen LogP contribution in [0, 0.1) is 11.8 Å². The zero-order valence-corrected chi connectivity index (χ0v) is 27.1. The Morgan fingerprint density at radius 2 is 0.605 bits per heavy atom. The van der Waals surface area contributed by atoms with E-state index in [1.165, 1.54) is 199 Å². The van der Waals surface area contributed by atoms with Gasteiger partial charge in [-0.1, -0.05) is 213 Å². The van der Waals surface area contributed by atoms with Crippen molar-refractivity contribution in [1.82, 2.24) is 0 Å². The van der Waals surface area contributed by atoms with Crippen LogP contribution in [0.1, 0.15) is 220 Å². The lowest BCUT2D eigenvalue weighted by atomic mass is 9.86. The van der Waals surface area contributed by atoms with E-state index in [9.17, 15) is 4.79 Å². The first-order valence-electron chi connectivity index (χ1n) is 18.2. The van der Waals surface area contributed by atoms with Gasteiger partial charge in [-0.3, -0.25) is 0 Å². The molecule has 0 N–H and O–H groups in total. The smallest absolute Gasteiger partial charge is 0.123 e. The van der Waals surface area contributed by atoms with Gasteiger partial charge in [-0.2, -0.15) is 0 Å². The first-order valence-corrected chi connectivity index (χ1v) is 18.2. The van der Waals surface area contributed by atoms with Gasteiger partial charge in [-0.25, -0.2) is 0 Å². The zero-order valence-electron chi connectivity index (χ0n) is 27.1. The molecule has 0 heterocycles. The molecule has 0 aromatic carbocycles. The molecule has 228 valence electrons. The molecule has 1 heteroatoms. The number of carbonyl (C=O) groups is 1. The lowest BCUT2D eigenvalue weighted by Gasteiger charge is -2.18. The van der Waals surface area contributed by atoms with Crippen LogP contribution < -0.4 is 0 Å². The summed E-state index contributed by atoms with van der Waals surface area (Å²) in [7, 11) is 0. The Balaban J connectivity index is 3.39. The fraction of sp³-hybridized carbons (Fsp3) is 0.973. The Labute approximate surface area is 242 Å². The molecule has 0 aliphatic rings. The van der Waals surface area contributed by atoms with Gasteiger partial charge in [0.2, 0.25) is 0 Å². The van der Waals surface area contributed by atoms with Gasteiger partial charge in [0.15, 0.2) is 0 Å². The van der Waals surface area contributed by atoms with Gasteiger partial charge in [0.25, 0.3) is 0 Å². The molecule has 0 saturated carbocycles. The standard InChI is InChI=1S/C37H74O/c1-4-6-8-10-12-14-16-18-19-20-22-24-26-28-30-32-34-37(35-38)36(3)33-31-29-27-25-23-21-17-15-13-11-9-7-5-2/h35-37H,4-34H2,1-3H3. The minimum atomic E-state index is 0.305. The third kappa shape index (κ3) is 28.7. The lowest BCUT2D eigenvalue weighted by molar-refractivity contribution is -0.112. The molecule has 0 saturated heterocycles. The monoisotopic (exact) mass is 535 g/mol. The molecule has 1 nitrogen and oxygen atoms in total. The summed E-state index contributed by atoms with van der Waals surface area (Å²) >= 11 is 0. The van der Waals surface area contributed by atoms with Gasteiger partial charge >= 0.3 is 0 Å². The maximum absolute atomic E-state index is 11.7. The molecule has 2 unspecified atom stereocenters. The van der Waals surface area contributed by atoms with Crippen molar-refractivity contribution in [3.63, 3.8) is 0 Å². The summed E-state index contributed by atoms with van der Waals surface area (Å²) in [6.45, 7) is 6.92. The molecule has 0 spiro atoms. The van der Waals surface area contributed by atoms with E-state index < -0.39 is 0 Å². The van der Waals surface area contributed by atoms with Crippen LogP contribution in [-0.2, 0) is 4.79 Å². The molecular formula is C37H74O. The Morgan fingerprint density at radius 1 is 0.368 bits per heavy atom. The summed E-state index contributed by atoms with van der Waals surface area (Å²) in [5.74, 6) is 0.885. The van der Waals surface area contributed by atoms with E-state index in [2.05, 4.69) is 20.8 Å². The largest absolute Gasteiger partial charge is 0.303 e. The van der Waals surface area contributed by atoms with E-state index in [0.29, 0.717) is 11.8 Å². The molecule has 0 aliphatic heterocycles. The highest BCUT2D eigenvalue weighted by Gasteiger charge is 2.15. The number of hydrogen-bond acceptors (Lipinski definition) is 1. The van der Waals surface area contributed by atoms with Gasteiger partial charge < -0.3 is 4.79 Å². The fourth-order valence-corrected chi connectivity index (χ4v) is 6.11. The molecule has 0 fully saturated rings. The predicted octanol–water partition coefficient (Wildman–Crippen LogP) is 13.6. The lowest BCUT2D eigenvalue weighted by Crippen LogP contribution is -2.13. The Kier molecular flexibility index (Phi) is 32.6. The van der Waals surface area contributed by atoms with Crippen molar-refractivity contribution in [1.29, 1.82) is 0 Å². The quantitative estimate of drug-likeness (QED) is 0.0604. The second kappa shape index (κ2) is 32.9. The molecule has 2 atom stereocenters. The fourth-order valence-electron chi connectivity index (χ4n) is 6.11. The summed E-state index contributed by atoms with van der Waals surface area (Å²) in [6.07, 6.45) is 44.7. The van der Waals surface area contributed by atoms with Crippen molar-refractivity contribution in [3.05, 3.63) is 0 Å². The topological polar surface area (TPSA) is 17.1 Å². The summed E-state index contributed by atoms with van der Waals surface area (Å²) in [4.78, 5) is 11.7. The summed E-state index contributed by atoms with van der Waals surface area (Å²) in [5.41, 5.74) is 0. The van der Waals surface area contributed by atoms with E-state index in [1.54, 1.807) is 0 Å². The highest BCUT2D eigenvalue weighted by molar-refractivity contribution is 5.53. The number of unbranched alkanes of at least 4 members (excludes halogenated alkanes) is 27. The molecule has 38 heavy (non-hydrogen) atoms. The van der Waals surface area contributed by atoms with Crippen LogP contribution in [-0.4, -0.2) is 6.29 Å². The number of aldehydes is 1. The van der Waals surface area contributed by atoms with Gasteiger partial charge in [0.1, 0.15) is 6.29 Å². The van der Waals surface area contributed by atoms with Crippen molar-refractivity contribution in [2.75, 3.05) is 0 Å². The average molecular weight is 535 g/mol. The molecule has 0 rings (SSSR count). The summed E-state index contributed by atoms with van der Waals surface area (Å²) < 4.78 is 0. The minimum absolute atomic E-state index is 0.305. The van der Waals surface area contributed by atoms with Gasteiger partial charge in [0, 0.05) is 5.92 Å². The average Bonchev–Trinajstić information content (AvgIpc) is 2.93. The Bertz CT molecular complexity index is 430. The SMILES string of the molecule is CCCCCCCCCCCCCCCCCCC(C=O)C(C)CCCCCCCCCCCCCCC. The molecule has 0 aromatic rings. The van der Waals surface area contributed by atoms with E-state index in [1.807, 2.05) is 0 Å². The normalized spacial score (nSPS) is 13.1. The van der Waals surface area contributed by atoms with Gasteiger partial charge in [-0.05, 0) is 12.3 Å². The van der Waals surface area contributed by atoms with Gasteiger partial charge in [-0.15, -0.1) is 0 Å². The van der Waals surface area contributed by atoms with E-state index in [0.717, 1.165) is 6.42 Å². The molecule has 0 radical (unpaired) electrons. The van der Waals surface area contributed by atoms with Crippen LogP contribution in [0.2, 0.25) is 0 Å². The molecule has 0 bridgehead atoms. The summed E-state index contributed by atoms with van der Waals surface area (Å²) in [6, 6.07) is 0. The van der Waals surface area contributed by atoms with Crippen LogP contribution >= 0.6 is 0 Å². The van der Waals surface area contributed by atoms with Crippen LogP contribution in [0.3, 0.4) is 0 Å².